The van der Waals surface area contributed by atoms with E-state index < -0.39 is 28.5 Å². The number of rotatable bonds is 11. The van der Waals surface area contributed by atoms with Gasteiger partial charge in [0.15, 0.2) is 0 Å². The third-order valence-electron chi connectivity index (χ3n) is 7.56. The maximum atomic E-state index is 14.3. The van der Waals surface area contributed by atoms with Gasteiger partial charge in [0.05, 0.1) is 20.6 Å². The van der Waals surface area contributed by atoms with Crippen molar-refractivity contribution < 1.29 is 18.0 Å². The lowest BCUT2D eigenvalue weighted by Gasteiger charge is -2.34. The summed E-state index contributed by atoms with van der Waals surface area (Å²) < 4.78 is 29.0. The van der Waals surface area contributed by atoms with Crippen molar-refractivity contribution in [3.63, 3.8) is 0 Å². The fourth-order valence-corrected chi connectivity index (χ4v) is 7.36. The Morgan fingerprint density at radius 3 is 2.12 bits per heavy atom. The van der Waals surface area contributed by atoms with Crippen LogP contribution in [0.3, 0.4) is 0 Å². The van der Waals surface area contributed by atoms with E-state index >= 15 is 0 Å². The number of amides is 2. The zero-order chi connectivity index (χ0) is 31.3. The van der Waals surface area contributed by atoms with E-state index in [1.807, 2.05) is 6.92 Å². The Bertz CT molecular complexity index is 1560. The van der Waals surface area contributed by atoms with Crippen LogP contribution in [0, 0.1) is 6.92 Å². The molecule has 3 aromatic carbocycles. The maximum Gasteiger partial charge on any atom is 0.264 e. The smallest absolute Gasteiger partial charge is 0.264 e. The lowest BCUT2D eigenvalue weighted by atomic mass is 10.1. The van der Waals surface area contributed by atoms with Gasteiger partial charge in [-0.25, -0.2) is 8.42 Å². The molecule has 230 valence electrons. The second-order valence-electron chi connectivity index (χ2n) is 10.6. The molecule has 0 aliphatic heterocycles. The lowest BCUT2D eigenvalue weighted by molar-refractivity contribution is -0.140. The van der Waals surface area contributed by atoms with Gasteiger partial charge in [-0.1, -0.05) is 89.9 Å². The molecule has 0 bridgehead atoms. The number of aryl methyl sites for hydroxylation is 1. The monoisotopic (exact) mass is 683 g/mol. The number of anilines is 1. The fraction of sp³-hybridized carbons (Fsp3) is 0.355. The molecule has 0 aromatic heterocycles. The standard InChI is InChI=1S/C31H33Cl4N3O4S/c1-3-29(31(40)36-21-7-4-5-8-21)37(18-24-25(32)9-6-10-26(24)33)30(39)19-38(22-13-16-27(34)28(35)17-22)43(41,42)23-14-11-20(2)12-15-23/h6,9-17,21,29H,3-5,7-8,18-19H2,1-2H3,(H,36,40). The highest BCUT2D eigenvalue weighted by Crippen LogP contribution is 2.32. The first-order valence-corrected chi connectivity index (χ1v) is 16.9. The molecule has 12 heteroatoms. The lowest BCUT2D eigenvalue weighted by Crippen LogP contribution is -2.53. The van der Waals surface area contributed by atoms with Gasteiger partial charge >= 0.3 is 0 Å². The first-order chi connectivity index (χ1) is 20.4. The zero-order valence-corrected chi connectivity index (χ0v) is 27.7. The third kappa shape index (κ3) is 7.97. The quantitative estimate of drug-likeness (QED) is 0.225. The SMILES string of the molecule is CCC(C(=O)NC1CCCC1)N(Cc1c(Cl)cccc1Cl)C(=O)CN(c1ccc(Cl)c(Cl)c1)S(=O)(=O)c1ccc(C)cc1. The van der Waals surface area contributed by atoms with E-state index in [-0.39, 0.29) is 45.5 Å². The molecule has 1 N–H and O–H groups in total. The van der Waals surface area contributed by atoms with Gasteiger partial charge in [0, 0.05) is 28.2 Å². The summed E-state index contributed by atoms with van der Waals surface area (Å²) >= 11 is 25.4. The van der Waals surface area contributed by atoms with Crippen molar-refractivity contribution in [1.29, 1.82) is 0 Å². The van der Waals surface area contributed by atoms with E-state index in [1.54, 1.807) is 37.3 Å². The van der Waals surface area contributed by atoms with Gasteiger partial charge in [0.25, 0.3) is 10.0 Å². The van der Waals surface area contributed by atoms with E-state index in [9.17, 15) is 18.0 Å². The van der Waals surface area contributed by atoms with Crippen molar-refractivity contribution in [3.8, 4) is 0 Å². The third-order valence-corrected chi connectivity index (χ3v) is 10.8. The molecule has 0 spiro atoms. The molecule has 2 amide bonds. The minimum atomic E-state index is -4.26. The summed E-state index contributed by atoms with van der Waals surface area (Å²) in [7, 11) is -4.26. The average molecular weight is 686 g/mol. The molecule has 7 nitrogen and oxygen atoms in total. The fourth-order valence-electron chi connectivity index (χ4n) is 5.15. The molecule has 4 rings (SSSR count). The Balaban J connectivity index is 1.76. The van der Waals surface area contributed by atoms with Crippen LogP contribution >= 0.6 is 46.4 Å². The van der Waals surface area contributed by atoms with Crippen LogP contribution in [0.1, 0.15) is 50.2 Å². The summed E-state index contributed by atoms with van der Waals surface area (Å²) in [4.78, 5) is 29.2. The van der Waals surface area contributed by atoms with Crippen molar-refractivity contribution in [1.82, 2.24) is 10.2 Å². The Morgan fingerprint density at radius 2 is 1.53 bits per heavy atom. The first kappa shape index (κ1) is 33.4. The largest absolute Gasteiger partial charge is 0.352 e. The normalized spacial score (nSPS) is 14.4. The zero-order valence-electron chi connectivity index (χ0n) is 23.8. The summed E-state index contributed by atoms with van der Waals surface area (Å²) in [5, 5.41) is 4.08. The number of halogens is 4. The predicted octanol–water partition coefficient (Wildman–Crippen LogP) is 7.67. The van der Waals surface area contributed by atoms with Crippen LogP contribution in [0.4, 0.5) is 5.69 Å². The molecule has 3 aromatic rings. The molecule has 1 atom stereocenters. The number of hydrogen-bond donors (Lipinski definition) is 1. The average Bonchev–Trinajstić information content (AvgIpc) is 3.47. The van der Waals surface area contributed by atoms with Crippen LogP contribution in [0.5, 0.6) is 0 Å². The van der Waals surface area contributed by atoms with Crippen molar-refractivity contribution >= 4 is 73.9 Å². The minimum absolute atomic E-state index is 0.0105. The van der Waals surface area contributed by atoms with E-state index in [0.29, 0.717) is 15.6 Å². The molecule has 1 unspecified atom stereocenters. The summed E-state index contributed by atoms with van der Waals surface area (Å²) in [6, 6.07) is 14.7. The van der Waals surface area contributed by atoms with Gasteiger partial charge in [0.2, 0.25) is 11.8 Å². The first-order valence-electron chi connectivity index (χ1n) is 14.0. The van der Waals surface area contributed by atoms with Crippen LogP contribution in [-0.2, 0) is 26.2 Å². The number of carbonyl (C=O) groups is 2. The molecule has 0 heterocycles. The number of nitrogens with zero attached hydrogens (tertiary/aromatic N) is 2. The van der Waals surface area contributed by atoms with Crippen LogP contribution in [0.2, 0.25) is 20.1 Å². The second kappa shape index (κ2) is 14.5. The molecule has 1 saturated carbocycles. The van der Waals surface area contributed by atoms with Crippen molar-refractivity contribution in [2.45, 2.75) is 69.5 Å². The van der Waals surface area contributed by atoms with E-state index in [1.165, 1.54) is 35.2 Å². The minimum Gasteiger partial charge on any atom is -0.352 e. The number of nitrogens with one attached hydrogen (secondary N) is 1. The van der Waals surface area contributed by atoms with Crippen molar-refractivity contribution in [2.75, 3.05) is 10.8 Å². The molecular formula is C31H33Cl4N3O4S. The summed E-state index contributed by atoms with van der Waals surface area (Å²) in [6.07, 6.45) is 4.06. The highest BCUT2D eigenvalue weighted by atomic mass is 35.5. The van der Waals surface area contributed by atoms with Gasteiger partial charge < -0.3 is 10.2 Å². The molecule has 1 aliphatic carbocycles. The van der Waals surface area contributed by atoms with Crippen molar-refractivity contribution in [2.24, 2.45) is 0 Å². The Labute approximate surface area is 273 Å². The molecule has 1 fully saturated rings. The van der Waals surface area contributed by atoms with Crippen LogP contribution in [-0.4, -0.2) is 43.8 Å². The number of hydrogen-bond acceptors (Lipinski definition) is 4. The van der Waals surface area contributed by atoms with E-state index in [0.717, 1.165) is 35.6 Å². The van der Waals surface area contributed by atoms with E-state index in [2.05, 4.69) is 5.32 Å². The molecule has 1 aliphatic rings. The van der Waals surface area contributed by atoms with Crippen LogP contribution < -0.4 is 9.62 Å². The Hall–Kier alpha value is -2.49. The summed E-state index contributed by atoms with van der Waals surface area (Å²) in [5.74, 6) is -0.931. The number of sulfonamides is 1. The number of benzene rings is 3. The van der Waals surface area contributed by atoms with Gasteiger partial charge in [-0.05, 0) is 68.7 Å². The highest BCUT2D eigenvalue weighted by Gasteiger charge is 2.35. The predicted molar refractivity (Wildman–Crippen MR) is 174 cm³/mol. The number of carbonyl (C=O) groups excluding carboxylic acids is 2. The molecule has 43 heavy (non-hydrogen) atoms. The molecule has 0 radical (unpaired) electrons. The molecular weight excluding hydrogens is 652 g/mol. The van der Waals surface area contributed by atoms with Crippen LogP contribution in [0.15, 0.2) is 65.6 Å². The Kier molecular flexibility index (Phi) is 11.3. The Morgan fingerprint density at radius 1 is 0.907 bits per heavy atom. The topological polar surface area (TPSA) is 86.8 Å². The second-order valence-corrected chi connectivity index (χ2v) is 14.1. The molecule has 0 saturated heterocycles. The van der Waals surface area contributed by atoms with Gasteiger partial charge in [-0.15, -0.1) is 0 Å². The van der Waals surface area contributed by atoms with E-state index in [4.69, 9.17) is 46.4 Å². The van der Waals surface area contributed by atoms with Crippen LogP contribution in [0.25, 0.3) is 0 Å². The summed E-state index contributed by atoms with van der Waals surface area (Å²) in [5.41, 5.74) is 1.47. The van der Waals surface area contributed by atoms with Gasteiger partial charge in [-0.3, -0.25) is 13.9 Å². The van der Waals surface area contributed by atoms with Gasteiger partial charge in [0.1, 0.15) is 12.6 Å². The van der Waals surface area contributed by atoms with Gasteiger partial charge in [-0.2, -0.15) is 0 Å². The maximum absolute atomic E-state index is 14.3. The van der Waals surface area contributed by atoms with Crippen molar-refractivity contribution in [3.05, 3.63) is 91.9 Å². The summed E-state index contributed by atoms with van der Waals surface area (Å²) in [6.45, 7) is 2.92. The highest BCUT2D eigenvalue weighted by molar-refractivity contribution is 7.92.